The Labute approximate surface area is 604 Å². The van der Waals surface area contributed by atoms with Gasteiger partial charge in [0.1, 0.15) is 0 Å². The molecule has 0 bridgehead atoms. The normalized spacial score (nSPS) is 3.55. The molecule has 0 fully saturated rings. The molecule has 0 N–H and O–H groups in total. The Morgan fingerprint density at radius 2 is 0.0568 bits per heavy atom. The van der Waals surface area contributed by atoms with Gasteiger partial charge in [0.25, 0.3) is 0 Å². The Balaban J connectivity index is -0.00000000617. The fourth-order valence-corrected chi connectivity index (χ4v) is 0. The van der Waals surface area contributed by atoms with E-state index in [1.54, 1.807) is 0 Å². The maximum atomic E-state index is 2.17. The van der Waals surface area contributed by atoms with Crippen LogP contribution in [0.25, 0.3) is 0 Å². The number of hydrogen-bond acceptors (Lipinski definition) is 0. The van der Waals surface area contributed by atoms with E-state index >= 15 is 0 Å². The Hall–Kier alpha value is 0. The summed E-state index contributed by atoms with van der Waals surface area (Å²) >= 11 is 0. The summed E-state index contributed by atoms with van der Waals surface area (Å²) in [5, 5.41) is 0. The molecule has 0 unspecified atom stereocenters. The third kappa shape index (κ3) is 0. The lowest BCUT2D eigenvalue weighted by Crippen LogP contribution is -1.66. The molecule has 0 aliphatic heterocycles. The first-order valence-electron chi connectivity index (χ1n) is 43.5. The van der Waals surface area contributed by atoms with Gasteiger partial charge in [-0.25, -0.2) is 0 Å². The van der Waals surface area contributed by atoms with Crippen LogP contribution in [0.5, 0.6) is 0 Å². The van der Waals surface area contributed by atoms with E-state index in [0.717, 1.165) is 11.8 Å². The van der Waals surface area contributed by atoms with Gasteiger partial charge in [-0.05, 0) is 11.8 Å². The van der Waals surface area contributed by atoms with E-state index in [2.05, 4.69) is 41.5 Å². The summed E-state index contributed by atoms with van der Waals surface area (Å²) in [4.78, 5) is 0. The van der Waals surface area contributed by atoms with E-state index in [-0.39, 0.29) is 0 Å². The van der Waals surface area contributed by atoms with E-state index in [1.807, 2.05) is 554 Å². The van der Waals surface area contributed by atoms with Gasteiger partial charge in [-0.1, -0.05) is 595 Å². The quantitative estimate of drug-likeness (QED) is 0.227. The van der Waals surface area contributed by atoms with Gasteiger partial charge in [-0.2, -0.15) is 0 Å². The van der Waals surface area contributed by atoms with Crippen molar-refractivity contribution in [2.45, 2.75) is 595 Å². The molecule has 0 rings (SSSR count). The summed E-state index contributed by atoms with van der Waals surface area (Å²) < 4.78 is 0. The zero-order valence-corrected chi connectivity index (χ0v) is 87.2. The molecule has 0 aromatic carbocycles. The molecule has 88 heavy (non-hydrogen) atoms. The van der Waals surface area contributed by atoms with Gasteiger partial charge < -0.3 is 0 Å². The molecule has 0 saturated heterocycles. The summed E-state index contributed by atoms with van der Waals surface area (Å²) in [6, 6.07) is 0. The molecule has 0 atom stereocenters. The van der Waals surface area contributed by atoms with Crippen molar-refractivity contribution in [3.63, 3.8) is 0 Å². The highest BCUT2D eigenvalue weighted by Gasteiger charge is 1.68. The minimum absolute atomic E-state index is 0.833. The van der Waals surface area contributed by atoms with Crippen molar-refractivity contribution in [1.29, 1.82) is 0 Å². The fraction of sp³-hybridized carbons (Fsp3) is 1.00. The summed E-state index contributed by atoms with van der Waals surface area (Å²) in [6.45, 7) is 173. The van der Waals surface area contributed by atoms with E-state index in [1.165, 1.54) is 0 Å². The summed E-state index contributed by atoms with van der Waals surface area (Å²) in [5.41, 5.74) is 0. The Bertz CT molecular complexity index is 15.5. The van der Waals surface area contributed by atoms with Crippen molar-refractivity contribution >= 4 is 0 Å². The molecular formula is C88H260. The van der Waals surface area contributed by atoms with Gasteiger partial charge in [-0.15, -0.1) is 0 Å². The van der Waals surface area contributed by atoms with Gasteiger partial charge >= 0.3 is 0 Å². The lowest BCUT2D eigenvalue weighted by Gasteiger charge is -1.79. The van der Waals surface area contributed by atoms with Crippen molar-refractivity contribution in [2.24, 2.45) is 11.8 Å². The van der Waals surface area contributed by atoms with Gasteiger partial charge in [0.05, 0.1) is 0 Å². The molecule has 0 heterocycles. The Morgan fingerprint density at radius 3 is 0.0568 bits per heavy atom. The highest BCUT2D eigenvalue weighted by molar-refractivity contribution is 4.21. The van der Waals surface area contributed by atoms with Crippen LogP contribution in [0.1, 0.15) is 595 Å². The lowest BCUT2D eigenvalue weighted by molar-refractivity contribution is 0.736. The SMILES string of the molecule is CC.CC.CC.CC.CC.CC.CC.CC.CC.CC.CC.CC.CC.CC.CC.CC.CC.CC.CC.CC.CC.CC.CC.CC.CC.CC.CC.CC.CC.CC.CC.CC.CC.CC.CC.CC.CC.CC.CC.CC.CC(C)C.CC(C)C. The molecule has 0 radical (unpaired) electrons. The van der Waals surface area contributed by atoms with Crippen molar-refractivity contribution in [3.05, 3.63) is 0 Å². The van der Waals surface area contributed by atoms with Crippen molar-refractivity contribution in [2.75, 3.05) is 0 Å². The van der Waals surface area contributed by atoms with Crippen LogP contribution in [0.2, 0.25) is 0 Å². The standard InChI is InChI=1S/2C4H10.40C2H6/c2*1-4(2)3;40*1-2/h2*4H,1-3H3;40*1-2H3. The monoisotopic (exact) mass is 1320 g/mol. The molecule has 0 aromatic rings. The molecule has 0 heteroatoms. The van der Waals surface area contributed by atoms with Gasteiger partial charge in [-0.3, -0.25) is 0 Å². The Morgan fingerprint density at radius 1 is 0.0568 bits per heavy atom. The first-order valence-corrected chi connectivity index (χ1v) is 43.5. The van der Waals surface area contributed by atoms with Crippen LogP contribution in [0.4, 0.5) is 0 Å². The average molecular weight is 1320 g/mol. The van der Waals surface area contributed by atoms with Gasteiger partial charge in [0, 0.05) is 0 Å². The maximum Gasteiger partial charge on any atom is -0.0500 e. The second kappa shape index (κ2) is 17900. The molecule has 0 nitrogen and oxygen atoms in total. The van der Waals surface area contributed by atoms with Crippen molar-refractivity contribution in [1.82, 2.24) is 0 Å². The minimum Gasteiger partial charge on any atom is -0.0683 e. The molecule has 0 saturated carbocycles. The third-order valence-corrected chi connectivity index (χ3v) is 0. The zero-order valence-electron chi connectivity index (χ0n) is 87.2. The predicted molar refractivity (Wildman–Crippen MR) is 495 cm³/mol. The lowest BCUT2D eigenvalue weighted by atomic mass is 10.3. The van der Waals surface area contributed by atoms with Crippen LogP contribution >= 0.6 is 0 Å². The molecule has 0 amide bonds. The maximum absolute atomic E-state index is 2.17. The molecular weight excluding hydrogens is 1060 g/mol. The molecule has 0 aliphatic rings. The molecule has 0 aliphatic carbocycles. The molecule has 0 aromatic heterocycles. The molecule has 0 spiro atoms. The number of rotatable bonds is 0. The fourth-order valence-electron chi connectivity index (χ4n) is 0. The first-order chi connectivity index (χ1) is 43.5. The largest absolute Gasteiger partial charge is 0.0683 e. The third-order valence-electron chi connectivity index (χ3n) is 0. The van der Waals surface area contributed by atoms with Crippen LogP contribution in [-0.4, -0.2) is 0 Å². The van der Waals surface area contributed by atoms with Crippen molar-refractivity contribution in [3.8, 4) is 0 Å². The van der Waals surface area contributed by atoms with E-state index in [9.17, 15) is 0 Å². The average Bonchev–Trinajstić information content (AvgIpc) is 3.73. The summed E-state index contributed by atoms with van der Waals surface area (Å²) in [6.07, 6.45) is 0. The smallest absolute Gasteiger partial charge is 0.0500 e. The number of hydrogen-bond donors (Lipinski definition) is 0. The van der Waals surface area contributed by atoms with Crippen LogP contribution in [0.3, 0.4) is 0 Å². The van der Waals surface area contributed by atoms with Gasteiger partial charge in [0.15, 0.2) is 0 Å². The van der Waals surface area contributed by atoms with Crippen LogP contribution in [0.15, 0.2) is 0 Å². The van der Waals surface area contributed by atoms with Gasteiger partial charge in [0.2, 0.25) is 0 Å². The Kier molecular flexibility index (Phi) is 63900. The zero-order chi connectivity index (χ0) is 87.2. The second-order valence-electron chi connectivity index (χ2n) is 3.46. The summed E-state index contributed by atoms with van der Waals surface area (Å²) in [7, 11) is 0. The molecule has 612 valence electrons. The van der Waals surface area contributed by atoms with E-state index in [4.69, 9.17) is 0 Å². The summed E-state index contributed by atoms with van der Waals surface area (Å²) in [5.74, 6) is 1.67. The van der Waals surface area contributed by atoms with Crippen LogP contribution < -0.4 is 0 Å². The minimum atomic E-state index is 0.833. The van der Waals surface area contributed by atoms with Crippen molar-refractivity contribution < 1.29 is 0 Å². The van der Waals surface area contributed by atoms with E-state index in [0.29, 0.717) is 0 Å². The highest BCUT2D eigenvalue weighted by atomic mass is 13.7. The highest BCUT2D eigenvalue weighted by Crippen LogP contribution is 1.81. The van der Waals surface area contributed by atoms with Crippen LogP contribution in [0, 0.1) is 11.8 Å². The topological polar surface area (TPSA) is 0 Å². The predicted octanol–water partition coefficient (Wildman–Crippen LogP) is 44.4. The second-order valence-corrected chi connectivity index (χ2v) is 3.46. The van der Waals surface area contributed by atoms with E-state index < -0.39 is 0 Å². The van der Waals surface area contributed by atoms with Crippen LogP contribution in [-0.2, 0) is 0 Å². The first kappa shape index (κ1) is 315.